The van der Waals surface area contributed by atoms with Crippen molar-refractivity contribution in [1.29, 1.82) is 0 Å². The number of nitrogens with zero attached hydrogens (tertiary/aromatic N) is 3. The van der Waals surface area contributed by atoms with Crippen LogP contribution in [0.2, 0.25) is 0 Å². The highest BCUT2D eigenvalue weighted by Gasteiger charge is 2.55. The van der Waals surface area contributed by atoms with E-state index in [9.17, 15) is 18.9 Å². The number of carbonyl (C=O) groups is 2. The van der Waals surface area contributed by atoms with Gasteiger partial charge < -0.3 is 14.7 Å². The predicted molar refractivity (Wildman–Crippen MR) is 105 cm³/mol. The fourth-order valence-electron chi connectivity index (χ4n) is 3.81. The molecule has 1 aromatic heterocycles. The molecule has 1 saturated carbocycles. The zero-order valence-electron chi connectivity index (χ0n) is 16.6. The Labute approximate surface area is 167 Å². The lowest BCUT2D eigenvalue weighted by Crippen LogP contribution is -2.49. The first kappa shape index (κ1) is 20.7. The molecule has 0 spiro atoms. The van der Waals surface area contributed by atoms with Crippen LogP contribution in [0.15, 0.2) is 12.7 Å². The van der Waals surface area contributed by atoms with Gasteiger partial charge in [-0.15, -0.1) is 6.58 Å². The van der Waals surface area contributed by atoms with E-state index in [1.807, 2.05) is 13.8 Å². The second kappa shape index (κ2) is 7.44. The number of rotatable bonds is 9. The first-order valence-corrected chi connectivity index (χ1v) is 10.5. The molecule has 1 fully saturated rings. The quantitative estimate of drug-likeness (QED) is 0.488. The molecule has 3 rings (SSSR count). The van der Waals surface area contributed by atoms with Gasteiger partial charge in [0.2, 0.25) is 0 Å². The summed E-state index contributed by atoms with van der Waals surface area (Å²) >= 11 is 0. The minimum atomic E-state index is -1.18. The van der Waals surface area contributed by atoms with Gasteiger partial charge in [-0.05, 0) is 33.1 Å². The van der Waals surface area contributed by atoms with Crippen LogP contribution in [-0.2, 0) is 29.0 Å². The lowest BCUT2D eigenvalue weighted by molar-refractivity contribution is 0.0688. The summed E-state index contributed by atoms with van der Waals surface area (Å²) in [5.41, 5.74) is 0.745. The molecule has 1 amide bonds. The van der Waals surface area contributed by atoms with Gasteiger partial charge in [-0.2, -0.15) is 5.10 Å². The summed E-state index contributed by atoms with van der Waals surface area (Å²) in [5, 5.41) is 13.3. The lowest BCUT2D eigenvalue weighted by atomic mass is 10.0. The zero-order valence-corrected chi connectivity index (χ0v) is 17.4. The van der Waals surface area contributed by atoms with E-state index in [0.717, 1.165) is 12.8 Å². The highest BCUT2D eigenvalue weighted by molar-refractivity contribution is 7.88. The van der Waals surface area contributed by atoms with E-state index in [2.05, 4.69) is 11.7 Å². The summed E-state index contributed by atoms with van der Waals surface area (Å²) in [4.78, 5) is 26.1. The average molecular weight is 410 g/mol. The van der Waals surface area contributed by atoms with Gasteiger partial charge >= 0.3 is 5.97 Å². The van der Waals surface area contributed by atoms with Crippen LogP contribution >= 0.6 is 0 Å². The highest BCUT2D eigenvalue weighted by atomic mass is 32.2. The zero-order chi connectivity index (χ0) is 20.7. The average Bonchev–Trinajstić information content (AvgIpc) is 3.32. The van der Waals surface area contributed by atoms with Crippen molar-refractivity contribution in [3.05, 3.63) is 29.6 Å². The van der Waals surface area contributed by atoms with E-state index in [1.165, 1.54) is 4.68 Å². The molecule has 0 bridgehead atoms. The molecule has 9 heteroatoms. The molecule has 0 aromatic carbocycles. The minimum Gasteiger partial charge on any atom is -0.476 e. The summed E-state index contributed by atoms with van der Waals surface area (Å²) in [6.07, 6.45) is 3.69. The second-order valence-electron chi connectivity index (χ2n) is 8.10. The normalized spacial score (nSPS) is 19.2. The first-order valence-electron chi connectivity index (χ1n) is 9.32. The lowest BCUT2D eigenvalue weighted by Gasteiger charge is -2.34. The number of aromatic nitrogens is 2. The standard InChI is InChI=1S/C19H27N3O5S/c1-5-10-27-12-18(2,3)28(26)19(7-8-19)11-22-9-6-13-14(17(24)25)20-21(4)15(13)16(22)23/h5H,1,6-12H2,2-4H3,(H,24,25). The van der Waals surface area contributed by atoms with E-state index in [0.29, 0.717) is 44.0 Å². The summed E-state index contributed by atoms with van der Waals surface area (Å²) in [7, 11) is 0.396. The number of amides is 1. The van der Waals surface area contributed by atoms with Crippen LogP contribution in [0.25, 0.3) is 0 Å². The minimum absolute atomic E-state index is 0.0595. The number of ether oxygens (including phenoxy) is 1. The van der Waals surface area contributed by atoms with Crippen LogP contribution in [-0.4, -0.2) is 71.7 Å². The summed E-state index contributed by atoms with van der Waals surface area (Å²) in [6.45, 7) is 9.03. The van der Waals surface area contributed by atoms with Crippen molar-refractivity contribution in [3.8, 4) is 0 Å². The maximum absolute atomic E-state index is 13.3. The summed E-state index contributed by atoms with van der Waals surface area (Å²) in [5.74, 6) is -1.37. The Morgan fingerprint density at radius 2 is 2.14 bits per heavy atom. The van der Waals surface area contributed by atoms with Crippen LogP contribution in [0.1, 0.15) is 53.2 Å². The van der Waals surface area contributed by atoms with Gasteiger partial charge in [0, 0.05) is 36.5 Å². The molecular formula is C19H27N3O5S. The van der Waals surface area contributed by atoms with Gasteiger partial charge in [0.05, 0.1) is 22.7 Å². The maximum Gasteiger partial charge on any atom is 0.356 e. The Morgan fingerprint density at radius 3 is 2.71 bits per heavy atom. The fraction of sp³-hybridized carbons (Fsp3) is 0.632. The third kappa shape index (κ3) is 3.65. The largest absolute Gasteiger partial charge is 0.476 e. The first-order chi connectivity index (χ1) is 13.1. The molecule has 1 unspecified atom stereocenters. The second-order valence-corrected chi connectivity index (χ2v) is 10.6. The molecule has 1 aliphatic carbocycles. The topological polar surface area (TPSA) is 102 Å². The smallest absolute Gasteiger partial charge is 0.356 e. The third-order valence-corrected chi connectivity index (χ3v) is 7.78. The molecule has 1 N–H and O–H groups in total. The van der Waals surface area contributed by atoms with E-state index >= 15 is 0 Å². The van der Waals surface area contributed by atoms with E-state index in [4.69, 9.17) is 4.74 Å². The Morgan fingerprint density at radius 1 is 1.46 bits per heavy atom. The molecule has 1 aromatic rings. The van der Waals surface area contributed by atoms with Crippen molar-refractivity contribution in [3.63, 3.8) is 0 Å². The van der Waals surface area contributed by atoms with Gasteiger partial charge in [-0.25, -0.2) is 4.79 Å². The monoisotopic (exact) mass is 409 g/mol. The Balaban J connectivity index is 1.76. The molecule has 2 heterocycles. The van der Waals surface area contributed by atoms with Crippen molar-refractivity contribution >= 4 is 22.7 Å². The van der Waals surface area contributed by atoms with Crippen LogP contribution in [0.3, 0.4) is 0 Å². The van der Waals surface area contributed by atoms with Crippen LogP contribution in [0.4, 0.5) is 0 Å². The molecule has 1 aliphatic heterocycles. The van der Waals surface area contributed by atoms with Gasteiger partial charge in [-0.1, -0.05) is 6.08 Å². The fourth-order valence-corrected chi connectivity index (χ4v) is 5.92. The van der Waals surface area contributed by atoms with Crippen molar-refractivity contribution in [2.24, 2.45) is 7.05 Å². The Kier molecular flexibility index (Phi) is 5.51. The number of hydrogen-bond acceptors (Lipinski definition) is 5. The van der Waals surface area contributed by atoms with Gasteiger partial charge in [0.15, 0.2) is 5.69 Å². The maximum atomic E-state index is 13.3. The van der Waals surface area contributed by atoms with Crippen molar-refractivity contribution in [2.45, 2.75) is 42.6 Å². The molecule has 154 valence electrons. The van der Waals surface area contributed by atoms with E-state index in [1.54, 1.807) is 18.0 Å². The van der Waals surface area contributed by atoms with E-state index in [-0.39, 0.29) is 11.6 Å². The Hall–Kier alpha value is -2.00. The molecule has 28 heavy (non-hydrogen) atoms. The van der Waals surface area contributed by atoms with Crippen LogP contribution in [0.5, 0.6) is 0 Å². The highest BCUT2D eigenvalue weighted by Crippen LogP contribution is 2.47. The number of fused-ring (bicyclic) bond motifs is 1. The number of carboxylic acids is 1. The van der Waals surface area contributed by atoms with Crippen molar-refractivity contribution < 1.29 is 23.6 Å². The summed E-state index contributed by atoms with van der Waals surface area (Å²) < 4.78 is 19.2. The molecule has 0 radical (unpaired) electrons. The molecule has 8 nitrogen and oxygen atoms in total. The molecule has 2 aliphatic rings. The molecule has 0 saturated heterocycles. The van der Waals surface area contributed by atoms with Crippen LogP contribution < -0.4 is 0 Å². The number of hydrogen-bond donors (Lipinski definition) is 1. The van der Waals surface area contributed by atoms with Gasteiger partial charge in [0.25, 0.3) is 5.91 Å². The molecule has 1 atom stereocenters. The SMILES string of the molecule is C=CCOCC(C)(C)S(=O)C1(CN2CCc3c(C(=O)O)nn(C)c3C2=O)CC1. The van der Waals surface area contributed by atoms with Gasteiger partial charge in [-0.3, -0.25) is 13.7 Å². The number of carboxylic acid groups (broad SMARTS) is 1. The summed E-state index contributed by atoms with van der Waals surface area (Å²) in [6, 6.07) is 0. The van der Waals surface area contributed by atoms with Crippen molar-refractivity contribution in [1.82, 2.24) is 14.7 Å². The number of aryl methyl sites for hydroxylation is 1. The number of carbonyl (C=O) groups excluding carboxylic acids is 1. The van der Waals surface area contributed by atoms with Crippen molar-refractivity contribution in [2.75, 3.05) is 26.3 Å². The Bertz CT molecular complexity index is 841. The molecular weight excluding hydrogens is 382 g/mol. The number of aromatic carboxylic acids is 1. The van der Waals surface area contributed by atoms with Crippen LogP contribution in [0, 0.1) is 0 Å². The predicted octanol–water partition coefficient (Wildman–Crippen LogP) is 1.38. The van der Waals surface area contributed by atoms with Gasteiger partial charge in [0.1, 0.15) is 5.69 Å². The van der Waals surface area contributed by atoms with E-state index < -0.39 is 26.3 Å². The third-order valence-electron chi connectivity index (χ3n) is 5.34.